The standard InChI is InChI=1S/C8H14OS2/c1-7-3-10-5-8(2-9)6-11-4-7/h8-9H,1-6H2. The van der Waals surface area contributed by atoms with Gasteiger partial charge in [0, 0.05) is 24.0 Å². The van der Waals surface area contributed by atoms with Gasteiger partial charge in [0.1, 0.15) is 0 Å². The molecule has 0 radical (unpaired) electrons. The van der Waals surface area contributed by atoms with Crippen LogP contribution in [0.3, 0.4) is 0 Å². The normalized spacial score (nSPS) is 22.8. The van der Waals surface area contributed by atoms with Crippen molar-refractivity contribution in [3.8, 4) is 0 Å². The molecule has 0 spiro atoms. The fourth-order valence-corrected chi connectivity index (χ4v) is 3.34. The van der Waals surface area contributed by atoms with Gasteiger partial charge in [-0.15, -0.1) is 0 Å². The van der Waals surface area contributed by atoms with Gasteiger partial charge in [0.05, 0.1) is 0 Å². The molecule has 0 amide bonds. The lowest BCUT2D eigenvalue weighted by Crippen LogP contribution is -2.15. The highest BCUT2D eigenvalue weighted by Crippen LogP contribution is 2.22. The van der Waals surface area contributed by atoms with Gasteiger partial charge in [-0.3, -0.25) is 0 Å². The molecular formula is C8H14OS2. The van der Waals surface area contributed by atoms with E-state index in [0.29, 0.717) is 12.5 Å². The highest BCUT2D eigenvalue weighted by molar-refractivity contribution is 8.01. The van der Waals surface area contributed by atoms with Crippen LogP contribution in [0.4, 0.5) is 0 Å². The molecule has 0 unspecified atom stereocenters. The fourth-order valence-electron chi connectivity index (χ4n) is 0.935. The number of aliphatic hydroxyl groups is 1. The summed E-state index contributed by atoms with van der Waals surface area (Å²) in [6, 6.07) is 0. The van der Waals surface area contributed by atoms with Gasteiger partial charge in [-0.05, 0) is 11.5 Å². The van der Waals surface area contributed by atoms with Gasteiger partial charge in [-0.1, -0.05) is 12.2 Å². The van der Waals surface area contributed by atoms with E-state index in [1.54, 1.807) is 0 Å². The van der Waals surface area contributed by atoms with Crippen LogP contribution in [0.15, 0.2) is 12.2 Å². The minimum absolute atomic E-state index is 0.340. The lowest BCUT2D eigenvalue weighted by molar-refractivity contribution is 0.253. The van der Waals surface area contributed by atoms with Crippen molar-refractivity contribution >= 4 is 23.5 Å². The number of rotatable bonds is 1. The van der Waals surface area contributed by atoms with E-state index in [4.69, 9.17) is 5.11 Å². The second-order valence-electron chi connectivity index (χ2n) is 2.83. The summed E-state index contributed by atoms with van der Waals surface area (Å²) < 4.78 is 0. The Bertz CT molecular complexity index is 124. The smallest absolute Gasteiger partial charge is 0.0475 e. The maximum atomic E-state index is 8.92. The zero-order valence-electron chi connectivity index (χ0n) is 6.58. The highest BCUT2D eigenvalue weighted by atomic mass is 32.2. The molecule has 1 nitrogen and oxygen atoms in total. The van der Waals surface area contributed by atoms with Crippen LogP contribution in [0, 0.1) is 5.92 Å². The number of hydrogen-bond acceptors (Lipinski definition) is 3. The molecule has 0 aromatic rings. The first-order chi connectivity index (χ1) is 5.33. The van der Waals surface area contributed by atoms with Crippen molar-refractivity contribution in [1.82, 2.24) is 0 Å². The third-order valence-corrected chi connectivity index (χ3v) is 4.22. The van der Waals surface area contributed by atoms with E-state index in [9.17, 15) is 0 Å². The van der Waals surface area contributed by atoms with Crippen LogP contribution < -0.4 is 0 Å². The summed E-state index contributed by atoms with van der Waals surface area (Å²) in [6.07, 6.45) is 0. The van der Waals surface area contributed by atoms with E-state index in [1.165, 1.54) is 5.57 Å². The second kappa shape index (κ2) is 5.12. The monoisotopic (exact) mass is 190 g/mol. The van der Waals surface area contributed by atoms with Gasteiger partial charge >= 0.3 is 0 Å². The topological polar surface area (TPSA) is 20.2 Å². The molecule has 0 aromatic heterocycles. The fraction of sp³-hybridized carbons (Fsp3) is 0.750. The molecule has 1 fully saturated rings. The predicted molar refractivity (Wildman–Crippen MR) is 54.4 cm³/mol. The zero-order chi connectivity index (χ0) is 8.10. The molecule has 1 N–H and O–H groups in total. The predicted octanol–water partition coefficient (Wildman–Crippen LogP) is 1.63. The van der Waals surface area contributed by atoms with Gasteiger partial charge in [0.25, 0.3) is 0 Å². The average molecular weight is 190 g/mol. The molecule has 3 heteroatoms. The van der Waals surface area contributed by atoms with Crippen molar-refractivity contribution in [3.63, 3.8) is 0 Å². The van der Waals surface area contributed by atoms with Crippen LogP contribution >= 0.6 is 23.5 Å². The molecule has 11 heavy (non-hydrogen) atoms. The minimum Gasteiger partial charge on any atom is -0.396 e. The van der Waals surface area contributed by atoms with Gasteiger partial charge in [-0.2, -0.15) is 23.5 Å². The molecule has 64 valence electrons. The molecule has 0 bridgehead atoms. The summed E-state index contributed by atoms with van der Waals surface area (Å²) in [5.41, 5.74) is 1.33. The Morgan fingerprint density at radius 3 is 2.36 bits per heavy atom. The molecule has 1 aliphatic heterocycles. The molecule has 1 saturated heterocycles. The molecule has 0 atom stereocenters. The Morgan fingerprint density at radius 2 is 1.91 bits per heavy atom. The Morgan fingerprint density at radius 1 is 1.36 bits per heavy atom. The quantitative estimate of drug-likeness (QED) is 0.635. The van der Waals surface area contributed by atoms with Crippen molar-refractivity contribution in [2.75, 3.05) is 29.6 Å². The highest BCUT2D eigenvalue weighted by Gasteiger charge is 2.11. The van der Waals surface area contributed by atoms with E-state index >= 15 is 0 Å². The van der Waals surface area contributed by atoms with Crippen LogP contribution in [-0.2, 0) is 0 Å². The number of aliphatic hydroxyl groups excluding tert-OH is 1. The van der Waals surface area contributed by atoms with Gasteiger partial charge in [0.15, 0.2) is 0 Å². The average Bonchev–Trinajstić information content (AvgIpc) is 1.96. The Hall–Kier alpha value is 0.400. The molecule has 1 aliphatic rings. The van der Waals surface area contributed by atoms with Crippen molar-refractivity contribution < 1.29 is 5.11 Å². The number of thioether (sulfide) groups is 2. The Balaban J connectivity index is 2.28. The summed E-state index contributed by atoms with van der Waals surface area (Å²) in [6.45, 7) is 4.30. The van der Waals surface area contributed by atoms with Crippen LogP contribution in [0.25, 0.3) is 0 Å². The van der Waals surface area contributed by atoms with Crippen molar-refractivity contribution in [2.24, 2.45) is 5.92 Å². The summed E-state index contributed by atoms with van der Waals surface area (Å²) >= 11 is 3.79. The SMILES string of the molecule is C=C1CSCC(CO)CSC1. The third-order valence-electron chi connectivity index (χ3n) is 1.58. The molecule has 1 rings (SSSR count). The largest absolute Gasteiger partial charge is 0.396 e. The summed E-state index contributed by atoms with van der Waals surface area (Å²) in [4.78, 5) is 0. The molecule has 0 aromatic carbocycles. The van der Waals surface area contributed by atoms with E-state index in [0.717, 1.165) is 23.0 Å². The summed E-state index contributed by atoms with van der Waals surface area (Å²) in [7, 11) is 0. The zero-order valence-corrected chi connectivity index (χ0v) is 8.22. The summed E-state index contributed by atoms with van der Waals surface area (Å²) in [5.74, 6) is 4.82. The van der Waals surface area contributed by atoms with Crippen molar-refractivity contribution in [3.05, 3.63) is 12.2 Å². The van der Waals surface area contributed by atoms with E-state index < -0.39 is 0 Å². The maximum Gasteiger partial charge on any atom is 0.0475 e. The van der Waals surface area contributed by atoms with Crippen molar-refractivity contribution in [2.45, 2.75) is 0 Å². The lowest BCUT2D eigenvalue weighted by Gasteiger charge is -2.17. The first kappa shape index (κ1) is 9.49. The molecule has 1 heterocycles. The first-order valence-electron chi connectivity index (χ1n) is 3.76. The number of hydrogen-bond donors (Lipinski definition) is 1. The van der Waals surface area contributed by atoms with Crippen LogP contribution in [0.5, 0.6) is 0 Å². The van der Waals surface area contributed by atoms with Gasteiger partial charge in [0.2, 0.25) is 0 Å². The van der Waals surface area contributed by atoms with Crippen LogP contribution in [0.2, 0.25) is 0 Å². The third kappa shape index (κ3) is 3.54. The Labute approximate surface area is 76.6 Å². The van der Waals surface area contributed by atoms with Crippen LogP contribution in [-0.4, -0.2) is 34.7 Å². The second-order valence-corrected chi connectivity index (χ2v) is 4.89. The molecule has 0 aliphatic carbocycles. The summed E-state index contributed by atoms with van der Waals surface area (Å²) in [5, 5.41) is 8.92. The Kier molecular flexibility index (Phi) is 4.41. The van der Waals surface area contributed by atoms with Gasteiger partial charge in [-0.25, -0.2) is 0 Å². The van der Waals surface area contributed by atoms with Crippen LogP contribution in [0.1, 0.15) is 0 Å². The lowest BCUT2D eigenvalue weighted by atomic mass is 10.2. The van der Waals surface area contributed by atoms with Gasteiger partial charge < -0.3 is 5.11 Å². The van der Waals surface area contributed by atoms with Crippen molar-refractivity contribution in [1.29, 1.82) is 0 Å². The molecule has 0 saturated carbocycles. The van der Waals surface area contributed by atoms with E-state index in [-0.39, 0.29) is 0 Å². The minimum atomic E-state index is 0.340. The maximum absolute atomic E-state index is 8.92. The van der Waals surface area contributed by atoms with E-state index in [2.05, 4.69) is 6.58 Å². The first-order valence-corrected chi connectivity index (χ1v) is 6.07. The molecular weight excluding hydrogens is 176 g/mol. The van der Waals surface area contributed by atoms with E-state index in [1.807, 2.05) is 23.5 Å².